The molecule has 6 heteroatoms. The molecular formula is C17H27N5O. The van der Waals surface area contributed by atoms with E-state index < -0.39 is 0 Å². The maximum atomic E-state index is 12.3. The minimum absolute atomic E-state index is 0.0675. The number of urea groups is 1. The highest BCUT2D eigenvalue weighted by Gasteiger charge is 2.25. The first kappa shape index (κ1) is 17.6. The summed E-state index contributed by atoms with van der Waals surface area (Å²) in [7, 11) is 0. The van der Waals surface area contributed by atoms with E-state index in [0.29, 0.717) is 25.4 Å². The van der Waals surface area contributed by atoms with Crippen molar-refractivity contribution >= 4 is 6.03 Å². The summed E-state index contributed by atoms with van der Waals surface area (Å²) >= 11 is 0. The first-order chi connectivity index (χ1) is 11.2. The molecule has 0 aromatic rings. The number of carbonyl (C=O) groups excluding carboxylic acids is 1. The predicted octanol–water partition coefficient (Wildman–Crippen LogP) is 2.09. The summed E-state index contributed by atoms with van der Waals surface area (Å²) in [5.74, 6) is -0.0859. The summed E-state index contributed by atoms with van der Waals surface area (Å²) in [6, 6.07) is 4.80. The number of nitrogens with one attached hydrogen (secondary N) is 1. The molecule has 2 fully saturated rings. The second kappa shape index (κ2) is 9.37. The zero-order chi connectivity index (χ0) is 16.5. The van der Waals surface area contributed by atoms with Crippen molar-refractivity contribution in [3.8, 4) is 12.1 Å². The third-order valence-corrected chi connectivity index (χ3v) is 4.86. The summed E-state index contributed by atoms with van der Waals surface area (Å²) < 4.78 is 0. The topological polar surface area (TPSA) is 83.2 Å². The van der Waals surface area contributed by atoms with Gasteiger partial charge in [-0.3, -0.25) is 4.90 Å². The van der Waals surface area contributed by atoms with Crippen LogP contribution in [-0.4, -0.2) is 54.6 Å². The fraction of sp³-hybridized carbons (Fsp3) is 0.824. The lowest BCUT2D eigenvalue weighted by molar-refractivity contribution is 0.129. The van der Waals surface area contributed by atoms with Crippen LogP contribution >= 0.6 is 0 Å². The summed E-state index contributed by atoms with van der Waals surface area (Å²) in [4.78, 5) is 16.4. The molecule has 2 rings (SSSR count). The Bertz CT molecular complexity index is 453. The summed E-state index contributed by atoms with van der Waals surface area (Å²) in [5, 5.41) is 20.9. The normalized spacial score (nSPS) is 21.2. The number of carbonyl (C=O) groups is 1. The first-order valence-electron chi connectivity index (χ1n) is 8.77. The number of hydrogen-bond acceptors (Lipinski definition) is 4. The Morgan fingerprint density at radius 1 is 1.13 bits per heavy atom. The molecule has 0 aromatic heterocycles. The van der Waals surface area contributed by atoms with Gasteiger partial charge in [0.2, 0.25) is 0 Å². The zero-order valence-electron chi connectivity index (χ0n) is 13.8. The largest absolute Gasteiger partial charge is 0.335 e. The molecule has 1 aliphatic carbocycles. The Balaban J connectivity index is 1.69. The fourth-order valence-electron chi connectivity index (χ4n) is 3.39. The fourth-order valence-corrected chi connectivity index (χ4v) is 3.39. The molecule has 1 N–H and O–H groups in total. The van der Waals surface area contributed by atoms with Crippen molar-refractivity contribution < 1.29 is 4.79 Å². The van der Waals surface area contributed by atoms with Gasteiger partial charge >= 0.3 is 6.03 Å². The maximum Gasteiger partial charge on any atom is 0.317 e. The van der Waals surface area contributed by atoms with Gasteiger partial charge in [-0.1, -0.05) is 19.3 Å². The highest BCUT2D eigenvalue weighted by atomic mass is 16.2. The number of piperazine rings is 1. The second-order valence-corrected chi connectivity index (χ2v) is 6.59. The smallest absolute Gasteiger partial charge is 0.317 e. The van der Waals surface area contributed by atoms with E-state index in [2.05, 4.69) is 22.4 Å². The molecule has 0 bridgehead atoms. The van der Waals surface area contributed by atoms with E-state index in [1.54, 1.807) is 0 Å². The summed E-state index contributed by atoms with van der Waals surface area (Å²) in [6.45, 7) is 3.76. The number of nitrogens with zero attached hydrogens (tertiary/aromatic N) is 4. The van der Waals surface area contributed by atoms with E-state index >= 15 is 0 Å². The van der Waals surface area contributed by atoms with Gasteiger partial charge in [-0.15, -0.1) is 0 Å². The van der Waals surface area contributed by atoms with Gasteiger partial charge in [-0.05, 0) is 19.3 Å². The van der Waals surface area contributed by atoms with E-state index in [0.717, 1.165) is 39.0 Å². The van der Waals surface area contributed by atoms with Gasteiger partial charge in [0.25, 0.3) is 0 Å². The highest BCUT2D eigenvalue weighted by molar-refractivity contribution is 5.74. The maximum absolute atomic E-state index is 12.3. The molecule has 0 unspecified atom stereocenters. The summed E-state index contributed by atoms with van der Waals surface area (Å²) in [5.41, 5.74) is 0. The SMILES string of the molecule is N#CCC[C@@H](C#N)CN1CCN(C(=O)NC2CCCCC2)CC1. The van der Waals surface area contributed by atoms with Crippen LogP contribution in [0.5, 0.6) is 0 Å². The lowest BCUT2D eigenvalue weighted by Gasteiger charge is -2.36. The van der Waals surface area contributed by atoms with Crippen molar-refractivity contribution in [1.82, 2.24) is 15.1 Å². The Kier molecular flexibility index (Phi) is 7.16. The average molecular weight is 317 g/mol. The standard InChI is InChI=1S/C17H27N5O/c18-8-4-5-15(13-19)14-21-9-11-22(12-10-21)17(23)20-16-6-2-1-3-7-16/h15-16H,1-7,9-12,14H2,(H,20,23)/t15-/m0/s1. The van der Waals surface area contributed by atoms with E-state index in [9.17, 15) is 4.79 Å². The molecule has 1 atom stereocenters. The van der Waals surface area contributed by atoms with Gasteiger partial charge in [0.1, 0.15) is 0 Å². The third kappa shape index (κ3) is 5.73. The van der Waals surface area contributed by atoms with Crippen molar-refractivity contribution in [2.75, 3.05) is 32.7 Å². The molecule has 0 radical (unpaired) electrons. The molecule has 1 aliphatic heterocycles. The molecule has 0 spiro atoms. The molecule has 2 amide bonds. The molecule has 23 heavy (non-hydrogen) atoms. The molecule has 126 valence electrons. The third-order valence-electron chi connectivity index (χ3n) is 4.86. The van der Waals surface area contributed by atoms with E-state index in [-0.39, 0.29) is 11.9 Å². The van der Waals surface area contributed by atoms with Crippen LogP contribution in [0, 0.1) is 28.6 Å². The van der Waals surface area contributed by atoms with Gasteiger partial charge in [0, 0.05) is 45.2 Å². The number of hydrogen-bond donors (Lipinski definition) is 1. The van der Waals surface area contributed by atoms with Gasteiger partial charge < -0.3 is 10.2 Å². The number of amides is 2. The van der Waals surface area contributed by atoms with Gasteiger partial charge in [0.15, 0.2) is 0 Å². The molecule has 1 saturated carbocycles. The quantitative estimate of drug-likeness (QED) is 0.841. The molecule has 2 aliphatic rings. The van der Waals surface area contributed by atoms with E-state index in [1.807, 2.05) is 4.90 Å². The Labute approximate surface area is 139 Å². The van der Waals surface area contributed by atoms with Crippen LogP contribution in [0.1, 0.15) is 44.9 Å². The lowest BCUT2D eigenvalue weighted by atomic mass is 9.96. The van der Waals surface area contributed by atoms with E-state index in [4.69, 9.17) is 10.5 Å². The predicted molar refractivity (Wildman–Crippen MR) is 87.4 cm³/mol. The molecule has 0 aromatic carbocycles. The van der Waals surface area contributed by atoms with Crippen LogP contribution in [0.15, 0.2) is 0 Å². The summed E-state index contributed by atoms with van der Waals surface area (Å²) in [6.07, 6.45) is 7.01. The van der Waals surface area contributed by atoms with E-state index in [1.165, 1.54) is 19.3 Å². The first-order valence-corrected chi connectivity index (χ1v) is 8.77. The van der Waals surface area contributed by atoms with Crippen molar-refractivity contribution in [3.63, 3.8) is 0 Å². The Morgan fingerprint density at radius 3 is 2.43 bits per heavy atom. The Morgan fingerprint density at radius 2 is 1.83 bits per heavy atom. The second-order valence-electron chi connectivity index (χ2n) is 6.59. The molecule has 1 saturated heterocycles. The molecular weight excluding hydrogens is 290 g/mol. The lowest BCUT2D eigenvalue weighted by Crippen LogP contribution is -2.54. The van der Waals surface area contributed by atoms with Crippen LogP contribution in [0.25, 0.3) is 0 Å². The Hall–Kier alpha value is -1.79. The number of nitriles is 2. The number of rotatable bonds is 5. The van der Waals surface area contributed by atoms with Crippen molar-refractivity contribution in [3.05, 3.63) is 0 Å². The monoisotopic (exact) mass is 317 g/mol. The van der Waals surface area contributed by atoms with Crippen LogP contribution < -0.4 is 5.32 Å². The van der Waals surface area contributed by atoms with Crippen molar-refractivity contribution in [1.29, 1.82) is 10.5 Å². The van der Waals surface area contributed by atoms with Gasteiger partial charge in [-0.2, -0.15) is 10.5 Å². The minimum Gasteiger partial charge on any atom is -0.335 e. The van der Waals surface area contributed by atoms with Gasteiger partial charge in [0.05, 0.1) is 18.1 Å². The molecule has 1 heterocycles. The zero-order valence-corrected chi connectivity index (χ0v) is 13.8. The van der Waals surface area contributed by atoms with Gasteiger partial charge in [-0.25, -0.2) is 4.79 Å². The van der Waals surface area contributed by atoms with Crippen molar-refractivity contribution in [2.24, 2.45) is 5.92 Å². The van der Waals surface area contributed by atoms with Crippen LogP contribution in [-0.2, 0) is 0 Å². The highest BCUT2D eigenvalue weighted by Crippen LogP contribution is 2.18. The molecule has 6 nitrogen and oxygen atoms in total. The van der Waals surface area contributed by atoms with Crippen LogP contribution in [0.2, 0.25) is 0 Å². The minimum atomic E-state index is -0.0859. The van der Waals surface area contributed by atoms with Crippen molar-refractivity contribution in [2.45, 2.75) is 51.0 Å². The van der Waals surface area contributed by atoms with Crippen LogP contribution in [0.3, 0.4) is 0 Å². The average Bonchev–Trinajstić information content (AvgIpc) is 2.60. The van der Waals surface area contributed by atoms with Crippen LogP contribution in [0.4, 0.5) is 4.79 Å².